The molecule has 2 aromatic carbocycles. The Balaban J connectivity index is 1.55. The van der Waals surface area contributed by atoms with Gasteiger partial charge in [-0.1, -0.05) is 11.3 Å². The van der Waals surface area contributed by atoms with Crippen molar-refractivity contribution < 1.29 is 19.8 Å². The van der Waals surface area contributed by atoms with Crippen LogP contribution in [0, 0.1) is 0 Å². The van der Waals surface area contributed by atoms with Crippen LogP contribution in [0.15, 0.2) is 83.0 Å². The number of nitrogens with zero attached hydrogens (tertiary/aromatic N) is 6. The molecule has 4 aromatic rings. The number of carboxylic acids is 2. The van der Waals surface area contributed by atoms with Gasteiger partial charge in [0.2, 0.25) is 0 Å². The van der Waals surface area contributed by atoms with E-state index < -0.39 is 11.9 Å². The van der Waals surface area contributed by atoms with E-state index >= 15 is 0 Å². The number of carbonyl (C=O) groups is 2. The molecule has 0 aliphatic carbocycles. The van der Waals surface area contributed by atoms with Crippen molar-refractivity contribution in [3.63, 3.8) is 0 Å². The fraction of sp³-hybridized carbons (Fsp3) is 0. The topological polar surface area (TPSA) is 169 Å². The Morgan fingerprint density at radius 2 is 1.53 bits per heavy atom. The fourth-order valence-electron chi connectivity index (χ4n) is 2.98. The molecular weight excluding hydrogens is 438 g/mol. The maximum atomic E-state index is 11.0. The maximum absolute atomic E-state index is 11.0. The van der Waals surface area contributed by atoms with Gasteiger partial charge in [0.1, 0.15) is 11.4 Å². The molecule has 168 valence electrons. The molecule has 0 radical (unpaired) electrons. The molecule has 0 amide bonds. The zero-order valence-corrected chi connectivity index (χ0v) is 17.5. The van der Waals surface area contributed by atoms with Crippen LogP contribution in [-0.2, 0) is 0 Å². The van der Waals surface area contributed by atoms with Crippen LogP contribution in [0.5, 0.6) is 0 Å². The third kappa shape index (κ3) is 4.83. The smallest absolute Gasteiger partial charge is 0.335 e. The summed E-state index contributed by atoms with van der Waals surface area (Å²) in [6.07, 6.45) is 3.10. The normalized spacial score (nSPS) is 11.6. The van der Waals surface area contributed by atoms with Crippen LogP contribution in [-0.4, -0.2) is 54.1 Å². The van der Waals surface area contributed by atoms with Gasteiger partial charge >= 0.3 is 11.9 Å². The number of hydrazone groups is 1. The molecule has 11 heteroatoms. The first-order valence-electron chi connectivity index (χ1n) is 9.84. The van der Waals surface area contributed by atoms with E-state index in [4.69, 9.17) is 16.1 Å². The first-order chi connectivity index (χ1) is 16.4. The quantitative estimate of drug-likeness (QED) is 0.217. The number of nitrogens with two attached hydrogens (primary N) is 1. The van der Waals surface area contributed by atoms with Gasteiger partial charge < -0.3 is 16.1 Å². The molecule has 0 fully saturated rings. The van der Waals surface area contributed by atoms with E-state index in [1.54, 1.807) is 48.7 Å². The van der Waals surface area contributed by atoms with Crippen LogP contribution in [0.1, 0.15) is 26.4 Å². The number of carboxylic acid groups (broad SMARTS) is 2. The summed E-state index contributed by atoms with van der Waals surface area (Å²) < 4.78 is 1.51. The highest BCUT2D eigenvalue weighted by Gasteiger charge is 2.11. The molecule has 34 heavy (non-hydrogen) atoms. The van der Waals surface area contributed by atoms with Gasteiger partial charge in [-0.2, -0.15) is 5.10 Å². The fourth-order valence-corrected chi connectivity index (χ4v) is 2.98. The summed E-state index contributed by atoms with van der Waals surface area (Å²) in [5.41, 5.74) is 3.27. The minimum absolute atomic E-state index is 0.159. The number of hydrogen-bond donors (Lipinski definition) is 3. The Labute approximate surface area is 192 Å². The van der Waals surface area contributed by atoms with E-state index in [-0.39, 0.29) is 11.1 Å². The molecule has 0 atom stereocenters. The van der Waals surface area contributed by atoms with Crippen molar-refractivity contribution in [1.29, 1.82) is 0 Å². The van der Waals surface area contributed by atoms with Crippen molar-refractivity contribution in [3.8, 4) is 17.1 Å². The predicted octanol–water partition coefficient (Wildman–Crippen LogP) is 2.79. The minimum Gasteiger partial charge on any atom is -0.478 e. The highest BCUT2D eigenvalue weighted by atomic mass is 16.4. The zero-order valence-electron chi connectivity index (χ0n) is 17.5. The van der Waals surface area contributed by atoms with Gasteiger partial charge in [0, 0.05) is 0 Å². The maximum Gasteiger partial charge on any atom is 0.335 e. The second-order valence-corrected chi connectivity index (χ2v) is 6.93. The van der Waals surface area contributed by atoms with E-state index in [2.05, 4.69) is 25.4 Å². The van der Waals surface area contributed by atoms with Crippen LogP contribution in [0.3, 0.4) is 0 Å². The highest BCUT2D eigenvalue weighted by molar-refractivity contribution is 6.37. The van der Waals surface area contributed by atoms with Gasteiger partial charge in [-0.05, 0) is 60.7 Å². The number of aromatic nitrogens is 4. The minimum atomic E-state index is -1.02. The van der Waals surface area contributed by atoms with Crippen molar-refractivity contribution in [2.24, 2.45) is 15.9 Å². The van der Waals surface area contributed by atoms with Gasteiger partial charge in [0.15, 0.2) is 0 Å². The molecule has 0 bridgehead atoms. The number of pyridine rings is 1. The van der Waals surface area contributed by atoms with Crippen molar-refractivity contribution in [2.75, 3.05) is 0 Å². The molecule has 0 saturated heterocycles. The average molecular weight is 455 g/mol. The van der Waals surface area contributed by atoms with Crippen LogP contribution >= 0.6 is 0 Å². The molecule has 4 rings (SSSR count). The molecule has 4 N–H and O–H groups in total. The Kier molecular flexibility index (Phi) is 6.17. The summed E-state index contributed by atoms with van der Waals surface area (Å²) in [5.74, 6) is 3.51. The van der Waals surface area contributed by atoms with Crippen LogP contribution in [0.4, 0.5) is 5.69 Å². The van der Waals surface area contributed by atoms with Crippen LogP contribution in [0.25, 0.3) is 17.1 Å². The standard InChI is InChI=1S/C23H17N7O4/c24-27-20(12-25-16-8-4-14(5-9-16)22(31)32)18-2-1-3-19(26-18)21-13-30(29-28-21)17-10-6-15(7-11-17)23(33)34/h1-13H,24H2,(H,31,32)(H,33,34)/b25-12?,27-20+. The lowest BCUT2D eigenvalue weighted by atomic mass is 10.2. The second kappa shape index (κ2) is 9.53. The van der Waals surface area contributed by atoms with Gasteiger partial charge in [-0.15, -0.1) is 5.10 Å². The summed E-state index contributed by atoms with van der Waals surface area (Å²) in [4.78, 5) is 30.8. The van der Waals surface area contributed by atoms with E-state index in [0.29, 0.717) is 34.2 Å². The summed E-state index contributed by atoms with van der Waals surface area (Å²) in [7, 11) is 0. The Bertz CT molecular complexity index is 1410. The van der Waals surface area contributed by atoms with Crippen molar-refractivity contribution in [1.82, 2.24) is 20.0 Å². The lowest BCUT2D eigenvalue weighted by molar-refractivity contribution is 0.0686. The third-order valence-corrected chi connectivity index (χ3v) is 4.74. The Morgan fingerprint density at radius 1 is 0.882 bits per heavy atom. The van der Waals surface area contributed by atoms with Crippen molar-refractivity contribution in [3.05, 3.63) is 89.7 Å². The summed E-state index contributed by atoms with van der Waals surface area (Å²) >= 11 is 0. The molecule has 0 aliphatic rings. The molecular formula is C23H17N7O4. The first-order valence-corrected chi connectivity index (χ1v) is 9.84. The summed E-state index contributed by atoms with van der Waals surface area (Å²) in [6.45, 7) is 0. The number of benzene rings is 2. The molecule has 2 heterocycles. The number of rotatable bonds is 7. The van der Waals surface area contributed by atoms with Gasteiger partial charge in [0.25, 0.3) is 0 Å². The molecule has 0 aliphatic heterocycles. The van der Waals surface area contributed by atoms with E-state index in [9.17, 15) is 9.59 Å². The van der Waals surface area contributed by atoms with E-state index in [1.807, 2.05) is 0 Å². The SMILES string of the molecule is N/N=C(\C=Nc1ccc(C(=O)O)cc1)c1cccc(-c2cn(-c3ccc(C(=O)O)cc3)nn2)n1. The van der Waals surface area contributed by atoms with Gasteiger partial charge in [-0.25, -0.2) is 19.3 Å². The third-order valence-electron chi connectivity index (χ3n) is 4.74. The Morgan fingerprint density at radius 3 is 2.15 bits per heavy atom. The Hall–Kier alpha value is -5.19. The molecule has 0 unspecified atom stereocenters. The summed E-state index contributed by atoms with van der Waals surface area (Å²) in [6, 6.07) is 17.5. The lowest BCUT2D eigenvalue weighted by Crippen LogP contribution is -2.08. The van der Waals surface area contributed by atoms with E-state index in [1.165, 1.54) is 35.2 Å². The first kappa shape index (κ1) is 22.0. The predicted molar refractivity (Wildman–Crippen MR) is 124 cm³/mol. The number of aromatic carboxylic acids is 2. The second-order valence-electron chi connectivity index (χ2n) is 6.93. The average Bonchev–Trinajstić information content (AvgIpc) is 3.35. The number of hydrogen-bond acceptors (Lipinski definition) is 8. The summed E-state index contributed by atoms with van der Waals surface area (Å²) in [5, 5.41) is 30.0. The molecule has 0 spiro atoms. The molecule has 2 aromatic heterocycles. The monoisotopic (exact) mass is 455 g/mol. The molecule has 0 saturated carbocycles. The van der Waals surface area contributed by atoms with Crippen molar-refractivity contribution >= 4 is 29.6 Å². The lowest BCUT2D eigenvalue weighted by Gasteiger charge is -2.02. The highest BCUT2D eigenvalue weighted by Crippen LogP contribution is 2.17. The van der Waals surface area contributed by atoms with Crippen molar-refractivity contribution in [2.45, 2.75) is 0 Å². The largest absolute Gasteiger partial charge is 0.478 e. The van der Waals surface area contributed by atoms with Crippen LogP contribution in [0.2, 0.25) is 0 Å². The van der Waals surface area contributed by atoms with Crippen LogP contribution < -0.4 is 5.84 Å². The van der Waals surface area contributed by atoms with Gasteiger partial charge in [0.05, 0.1) is 46.3 Å². The molecule has 11 nitrogen and oxygen atoms in total. The van der Waals surface area contributed by atoms with Gasteiger partial charge in [-0.3, -0.25) is 4.99 Å². The number of aliphatic imine (C=N–C) groups is 1. The van der Waals surface area contributed by atoms with E-state index in [0.717, 1.165) is 0 Å². The zero-order chi connectivity index (χ0) is 24.1.